The van der Waals surface area contributed by atoms with Crippen molar-refractivity contribution in [2.75, 3.05) is 27.2 Å². The second-order valence-corrected chi connectivity index (χ2v) is 9.44. The molecule has 4 aromatic rings. The number of rotatable bonds is 4. The number of nitrogens with one attached hydrogen (secondary N) is 1. The highest BCUT2D eigenvalue weighted by Gasteiger charge is 2.18. The molecular formula is C27H30ClN5O2. The molecule has 5 rings (SSSR count). The van der Waals surface area contributed by atoms with Gasteiger partial charge in [0.2, 0.25) is 0 Å². The zero-order valence-electron chi connectivity index (χ0n) is 20.3. The molecule has 0 amide bonds. The minimum atomic E-state index is -0.240. The fourth-order valence-corrected chi connectivity index (χ4v) is 4.51. The number of phenolic OH excluding ortho intramolecular Hbond substituents is 1. The molecule has 0 bridgehead atoms. The second-order valence-electron chi connectivity index (χ2n) is 9.00. The minimum absolute atomic E-state index is 0.0780. The summed E-state index contributed by atoms with van der Waals surface area (Å²) < 4.78 is 1.43. The maximum atomic E-state index is 13.5. The number of aryl methyl sites for hydroxylation is 1. The van der Waals surface area contributed by atoms with Crippen LogP contribution in [-0.2, 0) is 6.54 Å². The van der Waals surface area contributed by atoms with E-state index in [2.05, 4.69) is 15.3 Å². The van der Waals surface area contributed by atoms with Crippen molar-refractivity contribution in [3.05, 3.63) is 81.5 Å². The average Bonchev–Trinajstić information content (AvgIpc) is 3.39. The standard InChI is InChI=1S/C23H21ClN4O2.C4H9N/c1-14-7-15(9-16(24)8-14)19-11-25-22-21(20(19)12-27(2)3)23(30)28(13-26-22)17-5-4-6-18(29)10-17;1-2-4-5-3-1/h4-11,13,29H,12H2,1-3H3;5H,1-4H2. The van der Waals surface area contributed by atoms with Crippen LogP contribution in [0.3, 0.4) is 0 Å². The Labute approximate surface area is 210 Å². The summed E-state index contributed by atoms with van der Waals surface area (Å²) in [5.41, 5.74) is 4.28. The highest BCUT2D eigenvalue weighted by molar-refractivity contribution is 6.31. The van der Waals surface area contributed by atoms with Gasteiger partial charge >= 0.3 is 0 Å². The molecular weight excluding hydrogens is 462 g/mol. The quantitative estimate of drug-likeness (QED) is 0.436. The average molecular weight is 492 g/mol. The van der Waals surface area contributed by atoms with Crippen molar-refractivity contribution in [1.29, 1.82) is 0 Å². The van der Waals surface area contributed by atoms with Gasteiger partial charge in [-0.15, -0.1) is 0 Å². The van der Waals surface area contributed by atoms with Gasteiger partial charge < -0.3 is 15.3 Å². The van der Waals surface area contributed by atoms with Crippen LogP contribution in [-0.4, -0.2) is 51.7 Å². The van der Waals surface area contributed by atoms with Gasteiger partial charge in [0.15, 0.2) is 5.65 Å². The zero-order chi connectivity index (χ0) is 24.9. The molecule has 0 aliphatic carbocycles. The van der Waals surface area contributed by atoms with Gasteiger partial charge in [-0.3, -0.25) is 9.36 Å². The van der Waals surface area contributed by atoms with Crippen LogP contribution in [0.15, 0.2) is 59.8 Å². The zero-order valence-corrected chi connectivity index (χ0v) is 21.0. The molecule has 1 saturated heterocycles. The van der Waals surface area contributed by atoms with E-state index in [-0.39, 0.29) is 11.3 Å². The normalized spacial score (nSPS) is 13.2. The molecule has 0 unspecified atom stereocenters. The number of fused-ring (bicyclic) bond motifs is 1. The molecule has 1 aliphatic heterocycles. The molecule has 2 aromatic carbocycles. The molecule has 2 aromatic heterocycles. The van der Waals surface area contributed by atoms with E-state index >= 15 is 0 Å². The topological polar surface area (TPSA) is 83.3 Å². The number of phenols is 1. The summed E-state index contributed by atoms with van der Waals surface area (Å²) >= 11 is 6.29. The number of nitrogens with zero attached hydrogens (tertiary/aromatic N) is 4. The van der Waals surface area contributed by atoms with Crippen LogP contribution in [0.25, 0.3) is 27.8 Å². The highest BCUT2D eigenvalue weighted by Crippen LogP contribution is 2.30. The molecule has 182 valence electrons. The number of hydrogen-bond acceptors (Lipinski definition) is 6. The van der Waals surface area contributed by atoms with Crippen LogP contribution in [0.1, 0.15) is 24.0 Å². The molecule has 0 saturated carbocycles. The lowest BCUT2D eigenvalue weighted by Gasteiger charge is -2.17. The molecule has 0 radical (unpaired) electrons. The number of benzene rings is 2. The Bertz CT molecular complexity index is 1370. The van der Waals surface area contributed by atoms with Crippen molar-refractivity contribution in [3.8, 4) is 22.6 Å². The van der Waals surface area contributed by atoms with Crippen LogP contribution in [0.2, 0.25) is 5.02 Å². The van der Waals surface area contributed by atoms with Gasteiger partial charge in [0.25, 0.3) is 5.56 Å². The summed E-state index contributed by atoms with van der Waals surface area (Å²) in [4.78, 5) is 24.4. The van der Waals surface area contributed by atoms with Crippen molar-refractivity contribution in [1.82, 2.24) is 24.8 Å². The second kappa shape index (κ2) is 11.0. The number of aromatic hydroxyl groups is 1. The Morgan fingerprint density at radius 3 is 2.51 bits per heavy atom. The van der Waals surface area contributed by atoms with E-state index in [0.717, 1.165) is 22.3 Å². The first-order chi connectivity index (χ1) is 16.8. The van der Waals surface area contributed by atoms with Gasteiger partial charge in [0.1, 0.15) is 12.1 Å². The molecule has 7 nitrogen and oxygen atoms in total. The molecule has 35 heavy (non-hydrogen) atoms. The van der Waals surface area contributed by atoms with E-state index in [1.54, 1.807) is 24.4 Å². The fourth-order valence-electron chi connectivity index (χ4n) is 4.22. The molecule has 1 aliphatic rings. The summed E-state index contributed by atoms with van der Waals surface area (Å²) in [5.74, 6) is 0.0780. The number of halogens is 1. The van der Waals surface area contributed by atoms with Gasteiger partial charge in [-0.05, 0) is 87.9 Å². The number of hydrogen-bond donors (Lipinski definition) is 2. The third-order valence-electron chi connectivity index (χ3n) is 5.79. The molecule has 2 N–H and O–H groups in total. The summed E-state index contributed by atoms with van der Waals surface area (Å²) in [7, 11) is 3.90. The SMILES string of the molecule is C1CCNC1.Cc1cc(Cl)cc(-c2cnc3ncn(-c4cccc(O)c4)c(=O)c3c2CN(C)C)c1. The van der Waals surface area contributed by atoms with Gasteiger partial charge in [-0.2, -0.15) is 0 Å². The van der Waals surface area contributed by atoms with Crippen molar-refractivity contribution in [3.63, 3.8) is 0 Å². The third kappa shape index (κ3) is 5.88. The third-order valence-corrected chi connectivity index (χ3v) is 6.01. The highest BCUT2D eigenvalue weighted by atomic mass is 35.5. The maximum absolute atomic E-state index is 13.5. The Morgan fingerprint density at radius 1 is 1.11 bits per heavy atom. The largest absolute Gasteiger partial charge is 0.508 e. The van der Waals surface area contributed by atoms with Crippen molar-refractivity contribution in [2.24, 2.45) is 0 Å². The Hall–Kier alpha value is -3.26. The van der Waals surface area contributed by atoms with Crippen LogP contribution in [0.4, 0.5) is 0 Å². The summed E-state index contributed by atoms with van der Waals surface area (Å²) in [6.45, 7) is 5.01. The van der Waals surface area contributed by atoms with E-state index < -0.39 is 0 Å². The predicted molar refractivity (Wildman–Crippen MR) is 141 cm³/mol. The van der Waals surface area contributed by atoms with Crippen molar-refractivity contribution < 1.29 is 5.11 Å². The summed E-state index contributed by atoms with van der Waals surface area (Å²) in [5, 5.41) is 14.1. The van der Waals surface area contributed by atoms with E-state index in [1.807, 2.05) is 44.1 Å². The Balaban J connectivity index is 0.000000514. The van der Waals surface area contributed by atoms with E-state index in [1.165, 1.54) is 42.9 Å². The van der Waals surface area contributed by atoms with Gasteiger partial charge in [0.05, 0.1) is 11.1 Å². The predicted octanol–water partition coefficient (Wildman–Crippen LogP) is 4.55. The summed E-state index contributed by atoms with van der Waals surface area (Å²) in [6, 6.07) is 12.3. The van der Waals surface area contributed by atoms with E-state index in [4.69, 9.17) is 11.6 Å². The van der Waals surface area contributed by atoms with E-state index in [0.29, 0.717) is 28.3 Å². The first-order valence-corrected chi connectivity index (χ1v) is 12.0. The smallest absolute Gasteiger partial charge is 0.267 e. The van der Waals surface area contributed by atoms with Crippen molar-refractivity contribution in [2.45, 2.75) is 26.3 Å². The van der Waals surface area contributed by atoms with Crippen LogP contribution in [0, 0.1) is 6.92 Å². The molecule has 1 fully saturated rings. The first-order valence-electron chi connectivity index (χ1n) is 11.6. The molecule has 0 spiro atoms. The lowest BCUT2D eigenvalue weighted by molar-refractivity contribution is 0.404. The Morgan fingerprint density at radius 2 is 1.89 bits per heavy atom. The fraction of sp³-hybridized carbons (Fsp3) is 0.296. The van der Waals surface area contributed by atoms with Crippen LogP contribution >= 0.6 is 11.6 Å². The molecule has 0 atom stereocenters. The van der Waals surface area contributed by atoms with Crippen LogP contribution in [0.5, 0.6) is 5.75 Å². The lowest BCUT2D eigenvalue weighted by atomic mass is 9.97. The monoisotopic (exact) mass is 491 g/mol. The number of pyridine rings is 1. The Kier molecular flexibility index (Phi) is 7.80. The van der Waals surface area contributed by atoms with E-state index in [9.17, 15) is 9.90 Å². The van der Waals surface area contributed by atoms with Gasteiger partial charge in [-0.25, -0.2) is 9.97 Å². The van der Waals surface area contributed by atoms with Crippen molar-refractivity contribution >= 4 is 22.6 Å². The molecule has 8 heteroatoms. The van der Waals surface area contributed by atoms with Crippen LogP contribution < -0.4 is 10.9 Å². The maximum Gasteiger partial charge on any atom is 0.267 e. The first kappa shape index (κ1) is 24.9. The lowest BCUT2D eigenvalue weighted by Crippen LogP contribution is -2.22. The number of aromatic nitrogens is 3. The van der Waals surface area contributed by atoms with Gasteiger partial charge in [-0.1, -0.05) is 23.7 Å². The molecule has 3 heterocycles. The van der Waals surface area contributed by atoms with Gasteiger partial charge in [0, 0.05) is 29.4 Å². The summed E-state index contributed by atoms with van der Waals surface area (Å²) in [6.07, 6.45) is 5.96. The minimum Gasteiger partial charge on any atom is -0.508 e.